The first-order valence-corrected chi connectivity index (χ1v) is 7.99. The zero-order valence-electron chi connectivity index (χ0n) is 15.1. The Morgan fingerprint density at radius 2 is 1.75 bits per heavy atom. The lowest BCUT2D eigenvalue weighted by molar-refractivity contribution is 0.322. The molecule has 0 aliphatic rings. The average molecular weight is 451 g/mol. The Morgan fingerprint density at radius 3 is 2.33 bits per heavy atom. The maximum atomic E-state index is 5.90. The fourth-order valence-electron chi connectivity index (χ4n) is 2.28. The summed E-state index contributed by atoms with van der Waals surface area (Å²) in [6.45, 7) is 3.45. The fourth-order valence-corrected chi connectivity index (χ4v) is 2.28. The van der Waals surface area contributed by atoms with Gasteiger partial charge in [0.2, 0.25) is 5.75 Å². The Labute approximate surface area is 162 Å². The van der Waals surface area contributed by atoms with Crippen LogP contribution in [0, 0.1) is 0 Å². The second kappa shape index (κ2) is 13.0. The standard InChI is InChI=1S/C17H29N3O3.HI/c1-5-6-7-8-11-19-17(18)20-12-13-9-10-14(21-2)16(23-4)15(13)22-3;/h9-10H,5-8,11-12H2,1-4H3,(H3,18,19,20);1H. The van der Waals surface area contributed by atoms with E-state index in [9.17, 15) is 0 Å². The van der Waals surface area contributed by atoms with Crippen LogP contribution in [0.2, 0.25) is 0 Å². The first-order chi connectivity index (χ1) is 11.2. The molecule has 3 N–H and O–H groups in total. The average Bonchev–Trinajstić information content (AvgIpc) is 2.58. The van der Waals surface area contributed by atoms with E-state index in [1.165, 1.54) is 19.3 Å². The van der Waals surface area contributed by atoms with E-state index in [0.29, 0.717) is 29.8 Å². The van der Waals surface area contributed by atoms with Crippen LogP contribution in [-0.4, -0.2) is 33.8 Å². The molecule has 0 atom stereocenters. The number of nitrogens with zero attached hydrogens (tertiary/aromatic N) is 1. The van der Waals surface area contributed by atoms with E-state index in [-0.39, 0.29) is 24.0 Å². The van der Waals surface area contributed by atoms with Gasteiger partial charge in [-0.3, -0.25) is 0 Å². The topological polar surface area (TPSA) is 78.1 Å². The monoisotopic (exact) mass is 451 g/mol. The molecule has 0 radical (unpaired) electrons. The molecular formula is C17H30IN3O3. The number of guanidine groups is 1. The Morgan fingerprint density at radius 1 is 1.04 bits per heavy atom. The van der Waals surface area contributed by atoms with E-state index >= 15 is 0 Å². The molecule has 1 aromatic carbocycles. The van der Waals surface area contributed by atoms with Gasteiger partial charge in [0, 0.05) is 12.1 Å². The Hall–Kier alpha value is -1.38. The van der Waals surface area contributed by atoms with Crippen molar-refractivity contribution in [1.82, 2.24) is 5.32 Å². The minimum atomic E-state index is 0. The van der Waals surface area contributed by atoms with Gasteiger partial charge in [-0.05, 0) is 18.6 Å². The number of nitrogens with two attached hydrogens (primary N) is 1. The maximum absolute atomic E-state index is 5.90. The van der Waals surface area contributed by atoms with Crippen molar-refractivity contribution in [2.45, 2.75) is 39.2 Å². The van der Waals surface area contributed by atoms with Crippen molar-refractivity contribution in [2.75, 3.05) is 27.9 Å². The highest BCUT2D eigenvalue weighted by Crippen LogP contribution is 2.39. The highest BCUT2D eigenvalue weighted by molar-refractivity contribution is 14.0. The van der Waals surface area contributed by atoms with Crippen molar-refractivity contribution in [2.24, 2.45) is 10.7 Å². The number of methoxy groups -OCH3 is 3. The normalized spacial score (nSPS) is 10.8. The lowest BCUT2D eigenvalue weighted by Crippen LogP contribution is -2.32. The zero-order valence-corrected chi connectivity index (χ0v) is 17.4. The molecule has 0 bridgehead atoms. The van der Waals surface area contributed by atoms with E-state index < -0.39 is 0 Å². The Bertz CT molecular complexity index is 510. The number of hydrogen-bond donors (Lipinski definition) is 2. The molecule has 1 rings (SSSR count). The van der Waals surface area contributed by atoms with Gasteiger partial charge in [-0.1, -0.05) is 26.2 Å². The molecule has 6 nitrogen and oxygen atoms in total. The van der Waals surface area contributed by atoms with Crippen molar-refractivity contribution >= 4 is 29.9 Å². The molecule has 24 heavy (non-hydrogen) atoms. The van der Waals surface area contributed by atoms with Gasteiger partial charge in [0.05, 0.1) is 27.9 Å². The van der Waals surface area contributed by atoms with Crippen LogP contribution in [0.4, 0.5) is 0 Å². The van der Waals surface area contributed by atoms with Crippen LogP contribution in [0.5, 0.6) is 17.2 Å². The molecule has 7 heteroatoms. The molecule has 0 spiro atoms. The summed E-state index contributed by atoms with van der Waals surface area (Å²) in [7, 11) is 4.77. The quantitative estimate of drug-likeness (QED) is 0.247. The molecule has 1 aromatic rings. The molecule has 0 aliphatic carbocycles. The number of unbranched alkanes of at least 4 members (excludes halogenated alkanes) is 3. The van der Waals surface area contributed by atoms with Crippen LogP contribution in [0.25, 0.3) is 0 Å². The fraction of sp³-hybridized carbons (Fsp3) is 0.588. The van der Waals surface area contributed by atoms with E-state index in [1.807, 2.05) is 12.1 Å². The van der Waals surface area contributed by atoms with Crippen LogP contribution < -0.4 is 25.3 Å². The first kappa shape index (κ1) is 22.6. The second-order valence-electron chi connectivity index (χ2n) is 5.18. The summed E-state index contributed by atoms with van der Waals surface area (Å²) in [6.07, 6.45) is 4.79. The molecule has 0 unspecified atom stereocenters. The predicted octanol–water partition coefficient (Wildman–Crippen LogP) is 3.32. The molecule has 0 heterocycles. The van der Waals surface area contributed by atoms with E-state index in [1.54, 1.807) is 21.3 Å². The molecular weight excluding hydrogens is 421 g/mol. The van der Waals surface area contributed by atoms with Crippen molar-refractivity contribution in [3.05, 3.63) is 17.7 Å². The number of nitrogens with one attached hydrogen (secondary N) is 1. The van der Waals surface area contributed by atoms with E-state index in [4.69, 9.17) is 19.9 Å². The van der Waals surface area contributed by atoms with Gasteiger partial charge in [-0.15, -0.1) is 24.0 Å². The van der Waals surface area contributed by atoms with Crippen LogP contribution in [0.15, 0.2) is 17.1 Å². The van der Waals surface area contributed by atoms with Gasteiger partial charge in [-0.2, -0.15) is 0 Å². The predicted molar refractivity (Wildman–Crippen MR) is 109 cm³/mol. The van der Waals surface area contributed by atoms with E-state index in [2.05, 4.69) is 17.2 Å². The summed E-state index contributed by atoms with van der Waals surface area (Å²) in [6, 6.07) is 3.73. The van der Waals surface area contributed by atoms with Crippen molar-refractivity contribution in [1.29, 1.82) is 0 Å². The molecule has 0 saturated carbocycles. The maximum Gasteiger partial charge on any atom is 0.203 e. The zero-order chi connectivity index (χ0) is 17.1. The third-order valence-corrected chi connectivity index (χ3v) is 3.54. The third kappa shape index (κ3) is 7.02. The minimum Gasteiger partial charge on any atom is -0.493 e. The number of rotatable bonds is 10. The lowest BCUT2D eigenvalue weighted by atomic mass is 10.1. The third-order valence-electron chi connectivity index (χ3n) is 3.54. The van der Waals surface area contributed by atoms with E-state index in [0.717, 1.165) is 18.5 Å². The van der Waals surface area contributed by atoms with Crippen LogP contribution in [-0.2, 0) is 6.54 Å². The number of ether oxygens (including phenoxy) is 3. The molecule has 0 aromatic heterocycles. The molecule has 0 aliphatic heterocycles. The first-order valence-electron chi connectivity index (χ1n) is 7.99. The molecule has 0 saturated heterocycles. The highest BCUT2D eigenvalue weighted by atomic mass is 127. The van der Waals surface area contributed by atoms with Gasteiger partial charge >= 0.3 is 0 Å². The van der Waals surface area contributed by atoms with Crippen LogP contribution in [0.1, 0.15) is 38.2 Å². The Balaban J connectivity index is 0.00000529. The van der Waals surface area contributed by atoms with Gasteiger partial charge in [0.1, 0.15) is 0 Å². The van der Waals surface area contributed by atoms with Crippen LogP contribution in [0.3, 0.4) is 0 Å². The Kier molecular flexibility index (Phi) is 12.2. The second-order valence-corrected chi connectivity index (χ2v) is 5.18. The number of aliphatic imine (C=N–C) groups is 1. The summed E-state index contributed by atoms with van der Waals surface area (Å²) in [5.41, 5.74) is 6.79. The van der Waals surface area contributed by atoms with Gasteiger partial charge < -0.3 is 25.3 Å². The van der Waals surface area contributed by atoms with Crippen molar-refractivity contribution < 1.29 is 14.2 Å². The summed E-state index contributed by atoms with van der Waals surface area (Å²) in [5, 5.41) is 3.13. The summed E-state index contributed by atoms with van der Waals surface area (Å²) < 4.78 is 16.1. The number of hydrogen-bond acceptors (Lipinski definition) is 4. The summed E-state index contributed by atoms with van der Waals surface area (Å²) in [4.78, 5) is 4.36. The largest absolute Gasteiger partial charge is 0.493 e. The SMILES string of the molecule is CCCCCCNC(N)=NCc1ccc(OC)c(OC)c1OC.I. The highest BCUT2D eigenvalue weighted by Gasteiger charge is 2.15. The van der Waals surface area contributed by atoms with Gasteiger partial charge in [0.25, 0.3) is 0 Å². The van der Waals surface area contributed by atoms with Gasteiger partial charge in [0.15, 0.2) is 17.5 Å². The smallest absolute Gasteiger partial charge is 0.203 e. The molecule has 0 fully saturated rings. The number of benzene rings is 1. The summed E-state index contributed by atoms with van der Waals surface area (Å²) in [5.74, 6) is 2.25. The lowest BCUT2D eigenvalue weighted by Gasteiger charge is -2.15. The molecule has 0 amide bonds. The van der Waals surface area contributed by atoms with Crippen LogP contribution >= 0.6 is 24.0 Å². The van der Waals surface area contributed by atoms with Crippen molar-refractivity contribution in [3.63, 3.8) is 0 Å². The minimum absolute atomic E-state index is 0. The number of halogens is 1. The molecule has 138 valence electrons. The van der Waals surface area contributed by atoms with Gasteiger partial charge in [-0.25, -0.2) is 4.99 Å². The van der Waals surface area contributed by atoms with Crippen molar-refractivity contribution in [3.8, 4) is 17.2 Å². The summed E-state index contributed by atoms with van der Waals surface area (Å²) >= 11 is 0.